The number of benzene rings is 1. The van der Waals surface area contributed by atoms with Crippen LogP contribution >= 0.6 is 0 Å². The predicted molar refractivity (Wildman–Crippen MR) is 68.1 cm³/mol. The predicted octanol–water partition coefficient (Wildman–Crippen LogP) is 2.82. The molecule has 0 aliphatic rings. The van der Waals surface area contributed by atoms with Crippen LogP contribution < -0.4 is 10.1 Å². The smallest absolute Gasteiger partial charge is 0.387 e. The van der Waals surface area contributed by atoms with E-state index in [1.54, 1.807) is 6.07 Å². The largest absolute Gasteiger partial charge is 0.434 e. The summed E-state index contributed by atoms with van der Waals surface area (Å²) in [5, 5.41) is 2.64. The van der Waals surface area contributed by atoms with Gasteiger partial charge in [-0.3, -0.25) is 4.79 Å². The van der Waals surface area contributed by atoms with Gasteiger partial charge in [0.2, 0.25) is 0 Å². The van der Waals surface area contributed by atoms with Gasteiger partial charge in [-0.05, 0) is 25.0 Å². The number of carbonyl (C=O) groups is 1. The lowest BCUT2D eigenvalue weighted by Crippen LogP contribution is -2.25. The molecule has 0 radical (unpaired) electrons. The Labute approximate surface area is 111 Å². The third-order valence-corrected chi connectivity index (χ3v) is 2.38. The maximum absolute atomic E-state index is 12.2. The summed E-state index contributed by atoms with van der Waals surface area (Å²) in [6, 6.07) is 5.89. The Morgan fingerprint density at radius 2 is 2.11 bits per heavy atom. The van der Waals surface area contributed by atoms with Crippen molar-refractivity contribution in [2.24, 2.45) is 0 Å². The van der Waals surface area contributed by atoms with Crippen LogP contribution in [-0.2, 0) is 0 Å². The Bertz CT molecular complexity index is 455. The van der Waals surface area contributed by atoms with E-state index in [2.05, 4.69) is 16.0 Å². The van der Waals surface area contributed by atoms with Gasteiger partial charge in [-0.15, -0.1) is 12.3 Å². The highest BCUT2D eigenvalue weighted by molar-refractivity contribution is 5.96. The Hall–Kier alpha value is -2.09. The molecule has 3 nitrogen and oxygen atoms in total. The second-order valence-electron chi connectivity index (χ2n) is 3.79. The molecule has 1 aromatic carbocycles. The first-order chi connectivity index (χ1) is 9.15. The minimum Gasteiger partial charge on any atom is -0.434 e. The second-order valence-corrected chi connectivity index (χ2v) is 3.79. The lowest BCUT2D eigenvalue weighted by Gasteiger charge is -2.10. The van der Waals surface area contributed by atoms with Crippen LogP contribution in [0.4, 0.5) is 8.78 Å². The molecule has 0 bridgehead atoms. The molecule has 0 heterocycles. The Balaban J connectivity index is 2.54. The number of amides is 1. The molecule has 1 amide bonds. The zero-order valence-corrected chi connectivity index (χ0v) is 10.4. The van der Waals surface area contributed by atoms with E-state index in [4.69, 9.17) is 6.42 Å². The van der Waals surface area contributed by atoms with Crippen LogP contribution in [0.5, 0.6) is 5.75 Å². The number of halogens is 2. The van der Waals surface area contributed by atoms with Crippen molar-refractivity contribution in [1.29, 1.82) is 0 Å². The van der Waals surface area contributed by atoms with Crippen molar-refractivity contribution in [3.05, 3.63) is 29.8 Å². The fourth-order valence-corrected chi connectivity index (χ4v) is 1.50. The zero-order chi connectivity index (χ0) is 14.1. The van der Waals surface area contributed by atoms with Gasteiger partial charge in [-0.25, -0.2) is 0 Å². The first-order valence-electron chi connectivity index (χ1n) is 5.90. The number of alkyl halides is 2. The van der Waals surface area contributed by atoms with E-state index < -0.39 is 12.5 Å². The van der Waals surface area contributed by atoms with Crippen LogP contribution in [0.3, 0.4) is 0 Å². The first kappa shape index (κ1) is 15.0. The molecular formula is C14H15F2NO2. The first-order valence-corrected chi connectivity index (χ1v) is 5.90. The maximum Gasteiger partial charge on any atom is 0.387 e. The van der Waals surface area contributed by atoms with E-state index in [0.29, 0.717) is 13.0 Å². The monoisotopic (exact) mass is 267 g/mol. The van der Waals surface area contributed by atoms with Gasteiger partial charge in [0.25, 0.3) is 5.91 Å². The van der Waals surface area contributed by atoms with Crippen LogP contribution in [0.2, 0.25) is 0 Å². The average Bonchev–Trinajstić information content (AvgIpc) is 2.38. The van der Waals surface area contributed by atoms with E-state index >= 15 is 0 Å². The quantitative estimate of drug-likeness (QED) is 0.609. The molecule has 0 saturated heterocycles. The second kappa shape index (κ2) is 8.09. The summed E-state index contributed by atoms with van der Waals surface area (Å²) in [5.41, 5.74) is 0.0970. The number of hydrogen-bond donors (Lipinski definition) is 1. The van der Waals surface area contributed by atoms with Crippen molar-refractivity contribution in [2.45, 2.75) is 25.9 Å². The standard InChI is InChI=1S/C14H15F2NO2/c1-2-3-4-7-10-17-13(18)11-8-5-6-9-12(11)19-14(15)16/h1,5-6,8-9,14H,3-4,7,10H2,(H,17,18). The highest BCUT2D eigenvalue weighted by Gasteiger charge is 2.14. The number of para-hydroxylation sites is 1. The van der Waals surface area contributed by atoms with E-state index in [1.807, 2.05) is 0 Å². The van der Waals surface area contributed by atoms with Crippen molar-refractivity contribution < 1.29 is 18.3 Å². The van der Waals surface area contributed by atoms with Crippen molar-refractivity contribution in [2.75, 3.05) is 6.54 Å². The summed E-state index contributed by atoms with van der Waals surface area (Å²) >= 11 is 0. The van der Waals surface area contributed by atoms with Gasteiger partial charge in [0.1, 0.15) is 5.75 Å². The van der Waals surface area contributed by atoms with E-state index in [1.165, 1.54) is 18.2 Å². The minimum atomic E-state index is -2.95. The lowest BCUT2D eigenvalue weighted by atomic mass is 10.2. The highest BCUT2D eigenvalue weighted by atomic mass is 19.3. The van der Waals surface area contributed by atoms with Gasteiger partial charge in [-0.1, -0.05) is 12.1 Å². The lowest BCUT2D eigenvalue weighted by molar-refractivity contribution is -0.0501. The molecule has 19 heavy (non-hydrogen) atoms. The fraction of sp³-hybridized carbons (Fsp3) is 0.357. The fourth-order valence-electron chi connectivity index (χ4n) is 1.50. The third-order valence-electron chi connectivity index (χ3n) is 2.38. The average molecular weight is 267 g/mol. The van der Waals surface area contributed by atoms with E-state index in [9.17, 15) is 13.6 Å². The molecular weight excluding hydrogens is 252 g/mol. The third kappa shape index (κ3) is 5.38. The number of nitrogens with one attached hydrogen (secondary N) is 1. The van der Waals surface area contributed by atoms with Crippen molar-refractivity contribution in [3.63, 3.8) is 0 Å². The van der Waals surface area contributed by atoms with Crippen molar-refractivity contribution in [1.82, 2.24) is 5.32 Å². The van der Waals surface area contributed by atoms with Gasteiger partial charge in [0, 0.05) is 13.0 Å². The molecule has 0 aromatic heterocycles. The van der Waals surface area contributed by atoms with Crippen LogP contribution in [-0.4, -0.2) is 19.1 Å². The highest BCUT2D eigenvalue weighted by Crippen LogP contribution is 2.19. The molecule has 1 aromatic rings. The normalized spacial score (nSPS) is 10.0. The van der Waals surface area contributed by atoms with Crippen LogP contribution in [0.1, 0.15) is 29.6 Å². The molecule has 0 spiro atoms. The minimum absolute atomic E-state index is 0.0970. The maximum atomic E-state index is 12.2. The van der Waals surface area contributed by atoms with Gasteiger partial charge in [0.15, 0.2) is 0 Å². The van der Waals surface area contributed by atoms with Gasteiger partial charge < -0.3 is 10.1 Å². The topological polar surface area (TPSA) is 38.3 Å². The van der Waals surface area contributed by atoms with E-state index in [-0.39, 0.29) is 11.3 Å². The number of hydrogen-bond acceptors (Lipinski definition) is 2. The summed E-state index contributed by atoms with van der Waals surface area (Å²) in [6.45, 7) is -2.51. The number of rotatable bonds is 7. The zero-order valence-electron chi connectivity index (χ0n) is 10.4. The number of carbonyl (C=O) groups excluding carboxylic acids is 1. The Morgan fingerprint density at radius 3 is 2.79 bits per heavy atom. The summed E-state index contributed by atoms with van der Waals surface area (Å²) in [6.07, 6.45) is 7.31. The van der Waals surface area contributed by atoms with Gasteiger partial charge in [-0.2, -0.15) is 8.78 Å². The number of terminal acetylenes is 1. The molecule has 102 valence electrons. The molecule has 0 unspecified atom stereocenters. The molecule has 1 N–H and O–H groups in total. The van der Waals surface area contributed by atoms with Crippen LogP contribution in [0, 0.1) is 12.3 Å². The molecule has 1 rings (SSSR count). The van der Waals surface area contributed by atoms with Gasteiger partial charge in [0.05, 0.1) is 5.56 Å². The van der Waals surface area contributed by atoms with Crippen molar-refractivity contribution >= 4 is 5.91 Å². The summed E-state index contributed by atoms with van der Waals surface area (Å²) < 4.78 is 28.7. The Morgan fingerprint density at radius 1 is 1.37 bits per heavy atom. The summed E-state index contributed by atoms with van der Waals surface area (Å²) in [5.74, 6) is 1.94. The SMILES string of the molecule is C#CCCCCNC(=O)c1ccccc1OC(F)F. The molecule has 0 aliphatic heterocycles. The molecule has 0 saturated carbocycles. The van der Waals surface area contributed by atoms with Crippen LogP contribution in [0.25, 0.3) is 0 Å². The van der Waals surface area contributed by atoms with Crippen LogP contribution in [0.15, 0.2) is 24.3 Å². The molecule has 0 aliphatic carbocycles. The number of unbranched alkanes of at least 4 members (excludes halogenated alkanes) is 2. The molecule has 0 fully saturated rings. The molecule has 0 atom stereocenters. The number of ether oxygens (including phenoxy) is 1. The summed E-state index contributed by atoms with van der Waals surface area (Å²) in [4.78, 5) is 11.8. The Kier molecular flexibility index (Phi) is 6.37. The molecule has 5 heteroatoms. The van der Waals surface area contributed by atoms with Gasteiger partial charge >= 0.3 is 6.61 Å². The van der Waals surface area contributed by atoms with Crippen molar-refractivity contribution in [3.8, 4) is 18.1 Å². The summed E-state index contributed by atoms with van der Waals surface area (Å²) in [7, 11) is 0. The van der Waals surface area contributed by atoms with E-state index in [0.717, 1.165) is 12.8 Å².